The second kappa shape index (κ2) is 6.97. The van der Waals surface area contributed by atoms with E-state index in [0.717, 1.165) is 30.2 Å². The SMILES string of the molecule is CCCNC1CCC(C)(C)CC1Sc1nc(C)cc(=O)[nH]1. The molecule has 5 heteroatoms. The summed E-state index contributed by atoms with van der Waals surface area (Å²) in [5.74, 6) is 0. The predicted molar refractivity (Wildman–Crippen MR) is 89.0 cm³/mol. The fraction of sp³-hybridized carbons (Fsp3) is 0.750. The van der Waals surface area contributed by atoms with Gasteiger partial charge < -0.3 is 10.3 Å². The molecule has 1 saturated carbocycles. The molecule has 1 aromatic rings. The third kappa shape index (κ3) is 4.85. The minimum atomic E-state index is -0.0573. The summed E-state index contributed by atoms with van der Waals surface area (Å²) in [6.45, 7) is 9.80. The van der Waals surface area contributed by atoms with Gasteiger partial charge in [-0.2, -0.15) is 0 Å². The third-order valence-electron chi connectivity index (χ3n) is 4.10. The summed E-state index contributed by atoms with van der Waals surface area (Å²) >= 11 is 1.72. The number of aromatic amines is 1. The van der Waals surface area contributed by atoms with Crippen LogP contribution in [-0.2, 0) is 0 Å². The maximum atomic E-state index is 11.6. The van der Waals surface area contributed by atoms with Crippen LogP contribution >= 0.6 is 11.8 Å². The van der Waals surface area contributed by atoms with Crippen molar-refractivity contribution in [3.05, 3.63) is 22.1 Å². The molecule has 21 heavy (non-hydrogen) atoms. The van der Waals surface area contributed by atoms with Crippen LogP contribution in [0.25, 0.3) is 0 Å². The lowest BCUT2D eigenvalue weighted by atomic mass is 9.75. The fourth-order valence-corrected chi connectivity index (χ4v) is 4.53. The van der Waals surface area contributed by atoms with Crippen LogP contribution in [-0.4, -0.2) is 27.8 Å². The van der Waals surface area contributed by atoms with Gasteiger partial charge in [0, 0.05) is 23.1 Å². The van der Waals surface area contributed by atoms with E-state index >= 15 is 0 Å². The summed E-state index contributed by atoms with van der Waals surface area (Å²) in [7, 11) is 0. The monoisotopic (exact) mass is 309 g/mol. The number of hydrogen-bond donors (Lipinski definition) is 2. The number of thioether (sulfide) groups is 1. The van der Waals surface area contributed by atoms with Gasteiger partial charge >= 0.3 is 0 Å². The Kier molecular flexibility index (Phi) is 5.49. The first-order chi connectivity index (χ1) is 9.89. The Morgan fingerprint density at radius 3 is 2.95 bits per heavy atom. The highest BCUT2D eigenvalue weighted by atomic mass is 32.2. The highest BCUT2D eigenvalue weighted by molar-refractivity contribution is 7.99. The van der Waals surface area contributed by atoms with Crippen molar-refractivity contribution in [1.82, 2.24) is 15.3 Å². The van der Waals surface area contributed by atoms with Crippen LogP contribution < -0.4 is 10.9 Å². The van der Waals surface area contributed by atoms with Gasteiger partial charge in [-0.1, -0.05) is 32.5 Å². The first-order valence-electron chi connectivity index (χ1n) is 7.87. The number of aryl methyl sites for hydroxylation is 1. The highest BCUT2D eigenvalue weighted by Gasteiger charge is 2.35. The highest BCUT2D eigenvalue weighted by Crippen LogP contribution is 2.41. The Balaban J connectivity index is 2.13. The molecule has 2 rings (SSSR count). The Morgan fingerprint density at radius 1 is 1.52 bits per heavy atom. The van der Waals surface area contributed by atoms with Gasteiger partial charge in [0.15, 0.2) is 5.16 Å². The molecule has 1 aliphatic carbocycles. The standard InChI is InChI=1S/C16H27N3OS/c1-5-8-17-12-6-7-16(3,4)10-13(12)21-15-18-11(2)9-14(20)19-15/h9,12-13,17H,5-8,10H2,1-4H3,(H,18,19,20). The molecule has 2 unspecified atom stereocenters. The van der Waals surface area contributed by atoms with Gasteiger partial charge in [0.25, 0.3) is 5.56 Å². The molecule has 0 bridgehead atoms. The zero-order valence-corrected chi connectivity index (χ0v) is 14.3. The molecule has 2 atom stereocenters. The summed E-state index contributed by atoms with van der Waals surface area (Å²) in [6, 6.07) is 2.05. The molecule has 0 aliphatic heterocycles. The second-order valence-corrected chi connectivity index (χ2v) is 8.04. The molecule has 0 amide bonds. The average molecular weight is 309 g/mol. The minimum absolute atomic E-state index is 0.0573. The van der Waals surface area contributed by atoms with Gasteiger partial charge in [-0.05, 0) is 44.6 Å². The van der Waals surface area contributed by atoms with E-state index in [9.17, 15) is 4.79 Å². The number of aromatic nitrogens is 2. The molecule has 1 heterocycles. The number of H-pyrrole nitrogens is 1. The van der Waals surface area contributed by atoms with E-state index < -0.39 is 0 Å². The smallest absolute Gasteiger partial charge is 0.251 e. The zero-order chi connectivity index (χ0) is 15.5. The number of hydrogen-bond acceptors (Lipinski definition) is 4. The van der Waals surface area contributed by atoms with E-state index in [0.29, 0.717) is 16.7 Å². The van der Waals surface area contributed by atoms with Crippen LogP contribution in [0.5, 0.6) is 0 Å². The predicted octanol–water partition coefficient (Wildman–Crippen LogP) is 3.12. The summed E-state index contributed by atoms with van der Waals surface area (Å²) in [5.41, 5.74) is 1.10. The van der Waals surface area contributed by atoms with E-state index in [1.807, 2.05) is 6.92 Å². The maximum absolute atomic E-state index is 11.6. The van der Waals surface area contributed by atoms with E-state index in [4.69, 9.17) is 0 Å². The van der Waals surface area contributed by atoms with Crippen molar-refractivity contribution in [3.8, 4) is 0 Å². The van der Waals surface area contributed by atoms with Crippen molar-refractivity contribution in [1.29, 1.82) is 0 Å². The molecule has 118 valence electrons. The van der Waals surface area contributed by atoms with Crippen molar-refractivity contribution in [2.24, 2.45) is 5.41 Å². The van der Waals surface area contributed by atoms with Crippen LogP contribution in [0, 0.1) is 12.3 Å². The fourth-order valence-electron chi connectivity index (χ4n) is 2.96. The quantitative estimate of drug-likeness (QED) is 0.821. The topological polar surface area (TPSA) is 57.8 Å². The van der Waals surface area contributed by atoms with Crippen LogP contribution in [0.2, 0.25) is 0 Å². The van der Waals surface area contributed by atoms with E-state index in [-0.39, 0.29) is 5.56 Å². The van der Waals surface area contributed by atoms with Gasteiger partial charge in [0.1, 0.15) is 0 Å². The van der Waals surface area contributed by atoms with Crippen LogP contribution in [0.4, 0.5) is 0 Å². The van der Waals surface area contributed by atoms with Gasteiger partial charge in [-0.15, -0.1) is 0 Å². The van der Waals surface area contributed by atoms with Crippen molar-refractivity contribution in [2.45, 2.75) is 69.8 Å². The zero-order valence-electron chi connectivity index (χ0n) is 13.5. The normalized spacial score (nSPS) is 25.0. The summed E-state index contributed by atoms with van der Waals surface area (Å²) in [4.78, 5) is 18.9. The van der Waals surface area contributed by atoms with E-state index in [2.05, 4.69) is 36.1 Å². The maximum Gasteiger partial charge on any atom is 0.251 e. The van der Waals surface area contributed by atoms with Crippen LogP contribution in [0.3, 0.4) is 0 Å². The summed E-state index contributed by atoms with van der Waals surface area (Å²) in [6.07, 6.45) is 4.75. The molecule has 1 aliphatic rings. The first-order valence-corrected chi connectivity index (χ1v) is 8.75. The molecule has 0 spiro atoms. The first kappa shape index (κ1) is 16.6. The lowest BCUT2D eigenvalue weighted by Gasteiger charge is -2.40. The molecule has 1 fully saturated rings. The Morgan fingerprint density at radius 2 is 2.29 bits per heavy atom. The van der Waals surface area contributed by atoms with Gasteiger partial charge in [-0.25, -0.2) is 4.98 Å². The molecule has 0 radical (unpaired) electrons. The third-order valence-corrected chi connectivity index (χ3v) is 5.32. The van der Waals surface area contributed by atoms with Crippen molar-refractivity contribution in [2.75, 3.05) is 6.54 Å². The average Bonchev–Trinajstić information content (AvgIpc) is 2.36. The Labute approximate surface area is 131 Å². The van der Waals surface area contributed by atoms with Crippen LogP contribution in [0.15, 0.2) is 16.0 Å². The largest absolute Gasteiger partial charge is 0.313 e. The lowest BCUT2D eigenvalue weighted by molar-refractivity contribution is 0.214. The molecule has 2 N–H and O–H groups in total. The molecule has 1 aromatic heterocycles. The Bertz CT molecular complexity index is 526. The van der Waals surface area contributed by atoms with Crippen molar-refractivity contribution < 1.29 is 0 Å². The van der Waals surface area contributed by atoms with E-state index in [1.54, 1.807) is 17.8 Å². The number of nitrogens with one attached hydrogen (secondary N) is 2. The lowest BCUT2D eigenvalue weighted by Crippen LogP contribution is -2.45. The van der Waals surface area contributed by atoms with Crippen molar-refractivity contribution in [3.63, 3.8) is 0 Å². The summed E-state index contributed by atoms with van der Waals surface area (Å²) < 4.78 is 0. The summed E-state index contributed by atoms with van der Waals surface area (Å²) in [5, 5.41) is 4.89. The molecule has 0 aromatic carbocycles. The molecule has 4 nitrogen and oxygen atoms in total. The van der Waals surface area contributed by atoms with Gasteiger partial charge in [0.05, 0.1) is 0 Å². The van der Waals surface area contributed by atoms with Gasteiger partial charge in [-0.3, -0.25) is 4.79 Å². The molecular formula is C16H27N3OS. The molecule has 0 saturated heterocycles. The number of rotatable bonds is 5. The van der Waals surface area contributed by atoms with Crippen LogP contribution in [0.1, 0.15) is 52.1 Å². The Hall–Kier alpha value is -0.810. The second-order valence-electron chi connectivity index (χ2n) is 6.82. The van der Waals surface area contributed by atoms with Crippen molar-refractivity contribution >= 4 is 11.8 Å². The number of nitrogens with zero attached hydrogens (tertiary/aromatic N) is 1. The molecular weight excluding hydrogens is 282 g/mol. The van der Waals surface area contributed by atoms with E-state index in [1.165, 1.54) is 12.8 Å². The van der Waals surface area contributed by atoms with Gasteiger partial charge in [0.2, 0.25) is 0 Å². The minimum Gasteiger partial charge on any atom is -0.313 e.